The third-order valence-corrected chi connectivity index (χ3v) is 2.81. The van der Waals surface area contributed by atoms with Gasteiger partial charge < -0.3 is 9.47 Å². The molecule has 0 saturated carbocycles. The molecule has 0 radical (unpaired) electrons. The minimum atomic E-state index is -0.675. The minimum Gasteiger partial charge on any atom is -0.443 e. The average molecular weight is 312 g/mol. The van der Waals surface area contributed by atoms with Gasteiger partial charge in [0.05, 0.1) is 6.04 Å². The molecule has 0 aromatic carbocycles. The molecule has 0 fully saturated rings. The van der Waals surface area contributed by atoms with Gasteiger partial charge in [0, 0.05) is 0 Å². The maximum absolute atomic E-state index is 12.4. The van der Waals surface area contributed by atoms with E-state index in [4.69, 9.17) is 9.47 Å². The Morgan fingerprint density at radius 1 is 1.05 bits per heavy atom. The van der Waals surface area contributed by atoms with Gasteiger partial charge in [0.15, 0.2) is 0 Å². The van der Waals surface area contributed by atoms with Gasteiger partial charge in [-0.15, -0.1) is 0 Å². The van der Waals surface area contributed by atoms with Crippen molar-refractivity contribution in [3.8, 4) is 0 Å². The largest absolute Gasteiger partial charge is 0.443 e. The van der Waals surface area contributed by atoms with Crippen LogP contribution in [0.15, 0.2) is 12.2 Å². The smallest absolute Gasteiger partial charge is 0.429 e. The number of amides is 2. The minimum absolute atomic E-state index is 0.239. The Bertz CT molecular complexity index is 446. The molecule has 6 nitrogen and oxygen atoms in total. The van der Waals surface area contributed by atoms with Gasteiger partial charge in [0.2, 0.25) is 0 Å². The second-order valence-electron chi connectivity index (χ2n) is 7.63. The van der Waals surface area contributed by atoms with E-state index in [1.165, 1.54) is 5.01 Å². The van der Waals surface area contributed by atoms with Crippen molar-refractivity contribution in [3.63, 3.8) is 0 Å². The van der Waals surface area contributed by atoms with Gasteiger partial charge in [-0.3, -0.25) is 0 Å². The van der Waals surface area contributed by atoms with Crippen LogP contribution in [0.2, 0.25) is 0 Å². The third-order valence-electron chi connectivity index (χ3n) is 2.81. The van der Waals surface area contributed by atoms with Gasteiger partial charge in [-0.05, 0) is 53.9 Å². The van der Waals surface area contributed by atoms with Gasteiger partial charge in [0.25, 0.3) is 0 Å². The highest BCUT2D eigenvalue weighted by atomic mass is 16.6. The fraction of sp³-hybridized carbons (Fsp3) is 0.750. The van der Waals surface area contributed by atoms with Crippen LogP contribution in [0.3, 0.4) is 0 Å². The van der Waals surface area contributed by atoms with Gasteiger partial charge in [0.1, 0.15) is 11.2 Å². The van der Waals surface area contributed by atoms with E-state index in [-0.39, 0.29) is 6.04 Å². The second kappa shape index (κ2) is 6.58. The molecule has 6 heteroatoms. The lowest BCUT2D eigenvalue weighted by molar-refractivity contribution is -0.00545. The van der Waals surface area contributed by atoms with Crippen molar-refractivity contribution >= 4 is 12.2 Å². The lowest BCUT2D eigenvalue weighted by atomic mass is 10.1. The molecule has 0 aromatic rings. The molecule has 2 amide bonds. The molecule has 1 N–H and O–H groups in total. The molecule has 0 spiro atoms. The lowest BCUT2D eigenvalue weighted by Crippen LogP contribution is -2.53. The summed E-state index contributed by atoms with van der Waals surface area (Å²) in [7, 11) is 0. The first-order valence-corrected chi connectivity index (χ1v) is 7.57. The van der Waals surface area contributed by atoms with Crippen molar-refractivity contribution in [1.29, 1.82) is 0 Å². The number of hydrazine groups is 1. The average Bonchev–Trinajstić information content (AvgIpc) is 2.67. The molecular formula is C16H28N2O4. The first-order chi connectivity index (χ1) is 9.87. The first-order valence-electron chi connectivity index (χ1n) is 7.57. The van der Waals surface area contributed by atoms with E-state index in [1.54, 1.807) is 41.5 Å². The Hall–Kier alpha value is -1.72. The Morgan fingerprint density at radius 2 is 1.59 bits per heavy atom. The van der Waals surface area contributed by atoms with Gasteiger partial charge in [-0.2, -0.15) is 0 Å². The summed E-state index contributed by atoms with van der Waals surface area (Å²) in [6.45, 7) is 12.7. The van der Waals surface area contributed by atoms with Crippen LogP contribution in [0, 0.1) is 5.92 Å². The first kappa shape index (κ1) is 18.3. The molecular weight excluding hydrogens is 284 g/mol. The SMILES string of the molecule is CC1C=CC(N(NC(=O)OC(C)(C)C)C(=O)OC(C)(C)C)C1. The standard InChI is InChI=1S/C16H28N2O4/c1-11-8-9-12(10-11)18(14(20)22-16(5,6)7)17-13(19)21-15(2,3)4/h8-9,11-12H,10H2,1-7H3,(H,17,19). The maximum Gasteiger partial charge on any atom is 0.429 e. The Labute approximate surface area is 132 Å². The second-order valence-corrected chi connectivity index (χ2v) is 7.63. The van der Waals surface area contributed by atoms with E-state index in [2.05, 4.69) is 12.3 Å². The summed E-state index contributed by atoms with van der Waals surface area (Å²) in [6.07, 6.45) is 3.37. The van der Waals surface area contributed by atoms with E-state index in [9.17, 15) is 9.59 Å². The van der Waals surface area contributed by atoms with Gasteiger partial charge in [-0.25, -0.2) is 20.0 Å². The number of carbonyl (C=O) groups is 2. The molecule has 1 aliphatic carbocycles. The normalized spacial score (nSPS) is 21.4. The van der Waals surface area contributed by atoms with Crippen molar-refractivity contribution in [1.82, 2.24) is 10.4 Å². The van der Waals surface area contributed by atoms with Crippen molar-refractivity contribution < 1.29 is 19.1 Å². The number of carbonyl (C=O) groups excluding carboxylic acids is 2. The fourth-order valence-electron chi connectivity index (χ4n) is 2.02. The zero-order valence-corrected chi connectivity index (χ0v) is 14.6. The van der Waals surface area contributed by atoms with Crippen molar-refractivity contribution in [2.75, 3.05) is 0 Å². The Balaban J connectivity index is 2.81. The summed E-state index contributed by atoms with van der Waals surface area (Å²) in [5.41, 5.74) is 1.23. The molecule has 2 atom stereocenters. The van der Waals surface area contributed by atoms with E-state index >= 15 is 0 Å². The van der Waals surface area contributed by atoms with Crippen molar-refractivity contribution in [2.24, 2.45) is 5.92 Å². The number of hydrogen-bond acceptors (Lipinski definition) is 4. The van der Waals surface area contributed by atoms with E-state index < -0.39 is 23.4 Å². The molecule has 0 aromatic heterocycles. The number of rotatable bonds is 1. The highest BCUT2D eigenvalue weighted by Gasteiger charge is 2.32. The highest BCUT2D eigenvalue weighted by Crippen LogP contribution is 2.22. The molecule has 0 aliphatic heterocycles. The number of ether oxygens (including phenoxy) is 2. The van der Waals surface area contributed by atoms with Crippen LogP contribution < -0.4 is 5.43 Å². The zero-order valence-electron chi connectivity index (χ0n) is 14.6. The van der Waals surface area contributed by atoms with Crippen LogP contribution in [-0.4, -0.2) is 34.4 Å². The summed E-state index contributed by atoms with van der Waals surface area (Å²) < 4.78 is 10.6. The van der Waals surface area contributed by atoms with Crippen LogP contribution in [0.4, 0.5) is 9.59 Å². The highest BCUT2D eigenvalue weighted by molar-refractivity contribution is 5.75. The molecule has 22 heavy (non-hydrogen) atoms. The summed E-state index contributed by atoms with van der Waals surface area (Å²) >= 11 is 0. The predicted octanol–water partition coefficient (Wildman–Crippen LogP) is 3.63. The van der Waals surface area contributed by atoms with Crippen molar-refractivity contribution in [2.45, 2.75) is 72.1 Å². The number of nitrogens with zero attached hydrogens (tertiary/aromatic N) is 1. The van der Waals surface area contributed by atoms with E-state index in [0.29, 0.717) is 5.92 Å². The monoisotopic (exact) mass is 312 g/mol. The molecule has 1 rings (SSSR count). The molecule has 2 unspecified atom stereocenters. The maximum atomic E-state index is 12.4. The molecule has 0 saturated heterocycles. The van der Waals surface area contributed by atoms with Crippen LogP contribution in [-0.2, 0) is 9.47 Å². The molecule has 126 valence electrons. The number of nitrogens with one attached hydrogen (secondary N) is 1. The third kappa shape index (κ3) is 6.37. The van der Waals surface area contributed by atoms with Crippen molar-refractivity contribution in [3.05, 3.63) is 12.2 Å². The van der Waals surface area contributed by atoms with E-state index in [0.717, 1.165) is 6.42 Å². The molecule has 0 heterocycles. The lowest BCUT2D eigenvalue weighted by Gasteiger charge is -2.32. The topological polar surface area (TPSA) is 67.9 Å². The zero-order chi connectivity index (χ0) is 17.1. The van der Waals surface area contributed by atoms with Crippen LogP contribution in [0.5, 0.6) is 0 Å². The van der Waals surface area contributed by atoms with Crippen LogP contribution in [0.1, 0.15) is 54.9 Å². The quantitative estimate of drug-likeness (QED) is 0.593. The predicted molar refractivity (Wildman–Crippen MR) is 84.2 cm³/mol. The summed E-state index contributed by atoms with van der Waals surface area (Å²) in [4.78, 5) is 24.3. The Kier molecular flexibility index (Phi) is 5.49. The Morgan fingerprint density at radius 3 is 2.00 bits per heavy atom. The number of allylic oxidation sites excluding steroid dienone is 1. The van der Waals surface area contributed by atoms with Crippen LogP contribution >= 0.6 is 0 Å². The number of hydrogen-bond donors (Lipinski definition) is 1. The van der Waals surface area contributed by atoms with Crippen LogP contribution in [0.25, 0.3) is 0 Å². The fourth-order valence-corrected chi connectivity index (χ4v) is 2.02. The van der Waals surface area contributed by atoms with E-state index in [1.807, 2.05) is 12.2 Å². The summed E-state index contributed by atoms with van der Waals surface area (Å²) in [5, 5.41) is 1.21. The van der Waals surface area contributed by atoms with Gasteiger partial charge in [-0.1, -0.05) is 19.1 Å². The van der Waals surface area contributed by atoms with Gasteiger partial charge >= 0.3 is 12.2 Å². The summed E-state index contributed by atoms with van der Waals surface area (Å²) in [5.74, 6) is 0.343. The molecule has 1 aliphatic rings. The molecule has 0 bridgehead atoms. The summed E-state index contributed by atoms with van der Waals surface area (Å²) in [6, 6.07) is -0.239.